The highest BCUT2D eigenvalue weighted by Gasteiger charge is 2.27. The summed E-state index contributed by atoms with van der Waals surface area (Å²) in [5.41, 5.74) is 0.623. The largest absolute Gasteiger partial charge is 0.508 e. The highest BCUT2D eigenvalue weighted by atomic mass is 19.1. The third kappa shape index (κ3) is 3.48. The van der Waals surface area contributed by atoms with Crippen LogP contribution in [0.4, 0.5) is 14.6 Å². The van der Waals surface area contributed by atoms with Crippen molar-refractivity contribution in [2.75, 3.05) is 25.1 Å². The van der Waals surface area contributed by atoms with Gasteiger partial charge in [0.05, 0.1) is 18.6 Å². The molecule has 2 N–H and O–H groups in total. The fourth-order valence-electron chi connectivity index (χ4n) is 4.51. The summed E-state index contributed by atoms with van der Waals surface area (Å²) < 4.78 is 35.7. The lowest BCUT2D eigenvalue weighted by Gasteiger charge is -2.19. The van der Waals surface area contributed by atoms with Crippen molar-refractivity contribution in [3.63, 3.8) is 0 Å². The molecule has 4 aromatic rings. The summed E-state index contributed by atoms with van der Waals surface area (Å²) in [5, 5.41) is 21.7. The van der Waals surface area contributed by atoms with E-state index in [1.165, 1.54) is 31.5 Å². The Morgan fingerprint density at radius 3 is 2.73 bits per heavy atom. The van der Waals surface area contributed by atoms with Gasteiger partial charge < -0.3 is 19.8 Å². The van der Waals surface area contributed by atoms with Crippen molar-refractivity contribution in [2.24, 2.45) is 0 Å². The molecule has 0 spiro atoms. The number of aromatic nitrogens is 3. The number of β-amino-alcohol motifs (C(OH)–C–C–N with tert-alkyl or cyclic N) is 1. The Morgan fingerprint density at radius 2 is 2.03 bits per heavy atom. The average molecular weight is 452 g/mol. The summed E-state index contributed by atoms with van der Waals surface area (Å²) in [7, 11) is 1.39. The number of phenols is 1. The van der Waals surface area contributed by atoms with Gasteiger partial charge in [0.1, 0.15) is 28.6 Å². The van der Waals surface area contributed by atoms with Crippen LogP contribution in [0.3, 0.4) is 0 Å². The molecule has 0 aliphatic carbocycles. The predicted molar refractivity (Wildman–Crippen MR) is 121 cm³/mol. The molecule has 0 radical (unpaired) electrons. The number of aromatic hydroxyl groups is 1. The molecule has 3 heterocycles. The highest BCUT2D eigenvalue weighted by molar-refractivity contribution is 6.01. The molecule has 2 aromatic carbocycles. The SMILES string of the molecule is CCc1c(F)ccc2cc(O)cc(-c3ncc4c(N5CCC(O)C5)nc(OC)nc4c3F)c12. The number of fused-ring (bicyclic) bond motifs is 2. The number of nitrogens with zero attached hydrogens (tertiary/aromatic N) is 4. The second-order valence-corrected chi connectivity index (χ2v) is 8.08. The van der Waals surface area contributed by atoms with Crippen LogP contribution >= 0.6 is 0 Å². The lowest BCUT2D eigenvalue weighted by Crippen LogP contribution is -2.23. The fourth-order valence-corrected chi connectivity index (χ4v) is 4.51. The number of aryl methyl sites for hydroxylation is 1. The number of hydrogen-bond donors (Lipinski definition) is 2. The van der Waals surface area contributed by atoms with E-state index in [4.69, 9.17) is 4.74 Å². The third-order valence-corrected chi connectivity index (χ3v) is 6.05. The van der Waals surface area contributed by atoms with Crippen molar-refractivity contribution in [1.29, 1.82) is 0 Å². The molecule has 7 nitrogen and oxygen atoms in total. The minimum atomic E-state index is -0.729. The highest BCUT2D eigenvalue weighted by Crippen LogP contribution is 2.39. The van der Waals surface area contributed by atoms with Crippen molar-refractivity contribution in [3.05, 3.63) is 47.7 Å². The van der Waals surface area contributed by atoms with E-state index in [1.807, 2.05) is 11.8 Å². The molecule has 2 aromatic heterocycles. The van der Waals surface area contributed by atoms with Gasteiger partial charge in [-0.3, -0.25) is 4.98 Å². The predicted octanol–water partition coefficient (Wildman–Crippen LogP) is 3.97. The van der Waals surface area contributed by atoms with E-state index in [9.17, 15) is 14.6 Å². The molecule has 170 valence electrons. The van der Waals surface area contributed by atoms with E-state index in [0.29, 0.717) is 53.5 Å². The van der Waals surface area contributed by atoms with Crippen molar-refractivity contribution in [2.45, 2.75) is 25.9 Å². The van der Waals surface area contributed by atoms with Gasteiger partial charge in [-0.05, 0) is 47.4 Å². The summed E-state index contributed by atoms with van der Waals surface area (Å²) in [6, 6.07) is 5.76. The van der Waals surface area contributed by atoms with Gasteiger partial charge >= 0.3 is 6.01 Å². The normalized spacial score (nSPS) is 16.2. The number of aliphatic hydroxyl groups is 1. The first-order valence-corrected chi connectivity index (χ1v) is 10.7. The maximum atomic E-state index is 16.0. The number of aliphatic hydroxyl groups excluding tert-OH is 1. The average Bonchev–Trinajstić information content (AvgIpc) is 3.24. The minimum Gasteiger partial charge on any atom is -0.508 e. The molecule has 5 rings (SSSR count). The summed E-state index contributed by atoms with van der Waals surface area (Å²) >= 11 is 0. The Labute approximate surface area is 188 Å². The van der Waals surface area contributed by atoms with Crippen LogP contribution in [0.25, 0.3) is 32.9 Å². The van der Waals surface area contributed by atoms with Gasteiger partial charge in [0, 0.05) is 24.8 Å². The van der Waals surface area contributed by atoms with E-state index in [-0.39, 0.29) is 28.5 Å². The molecule has 1 saturated heterocycles. The molecule has 1 unspecified atom stereocenters. The molecule has 1 atom stereocenters. The van der Waals surface area contributed by atoms with Gasteiger partial charge in [-0.15, -0.1) is 0 Å². The van der Waals surface area contributed by atoms with Crippen LogP contribution in [-0.4, -0.2) is 51.5 Å². The van der Waals surface area contributed by atoms with Crippen LogP contribution in [0, 0.1) is 11.6 Å². The first-order chi connectivity index (χ1) is 15.9. The number of halogens is 2. The first-order valence-electron chi connectivity index (χ1n) is 10.7. The molecule has 1 fully saturated rings. The number of benzene rings is 2. The second kappa shape index (κ2) is 8.08. The zero-order valence-electron chi connectivity index (χ0n) is 18.1. The van der Waals surface area contributed by atoms with Crippen molar-refractivity contribution in [3.8, 4) is 23.0 Å². The Kier molecular flexibility index (Phi) is 5.20. The molecule has 9 heteroatoms. The van der Waals surface area contributed by atoms with E-state index in [1.54, 1.807) is 6.07 Å². The smallest absolute Gasteiger partial charge is 0.318 e. The Bertz CT molecular complexity index is 1400. The number of anilines is 1. The maximum Gasteiger partial charge on any atom is 0.318 e. The van der Waals surface area contributed by atoms with Gasteiger partial charge in [-0.1, -0.05) is 13.0 Å². The molecule has 33 heavy (non-hydrogen) atoms. The number of pyridine rings is 1. The number of ether oxygens (including phenoxy) is 1. The van der Waals surface area contributed by atoms with Crippen molar-refractivity contribution >= 4 is 27.5 Å². The number of hydrogen-bond acceptors (Lipinski definition) is 7. The van der Waals surface area contributed by atoms with Crippen LogP contribution in [0.2, 0.25) is 0 Å². The zero-order chi connectivity index (χ0) is 23.3. The van der Waals surface area contributed by atoms with Crippen LogP contribution < -0.4 is 9.64 Å². The Hall–Kier alpha value is -3.59. The molecular formula is C24H22F2N4O3. The van der Waals surface area contributed by atoms with E-state index in [2.05, 4.69) is 15.0 Å². The number of phenolic OH excluding ortho intramolecular Hbond substituents is 1. The summed E-state index contributed by atoms with van der Waals surface area (Å²) in [6.45, 7) is 2.72. The monoisotopic (exact) mass is 452 g/mol. The summed E-state index contributed by atoms with van der Waals surface area (Å²) in [5.74, 6) is -0.795. The van der Waals surface area contributed by atoms with Gasteiger partial charge in [-0.2, -0.15) is 9.97 Å². The van der Waals surface area contributed by atoms with Crippen molar-refractivity contribution < 1.29 is 23.7 Å². The molecule has 1 aliphatic rings. The standard InChI is InChI=1S/C24H22F2N4O3/c1-3-15-18(25)5-4-12-8-14(32)9-16(19(12)15)21-20(26)22-17(10-27-21)23(29-24(28-22)33-2)30-7-6-13(31)11-30/h4-5,8-10,13,31-32H,3,6-7,11H2,1-2H3. The molecule has 0 saturated carbocycles. The molecule has 0 amide bonds. The maximum absolute atomic E-state index is 16.0. The van der Waals surface area contributed by atoms with Crippen LogP contribution in [0.5, 0.6) is 11.8 Å². The number of rotatable bonds is 4. The Morgan fingerprint density at radius 1 is 1.21 bits per heavy atom. The van der Waals surface area contributed by atoms with Gasteiger partial charge in [-0.25, -0.2) is 8.78 Å². The zero-order valence-corrected chi connectivity index (χ0v) is 18.1. The molecule has 1 aliphatic heterocycles. The summed E-state index contributed by atoms with van der Waals surface area (Å²) in [4.78, 5) is 14.8. The third-order valence-electron chi connectivity index (χ3n) is 6.05. The lowest BCUT2D eigenvalue weighted by molar-refractivity contribution is 0.198. The van der Waals surface area contributed by atoms with Gasteiger partial charge in [0.15, 0.2) is 5.82 Å². The molecular weight excluding hydrogens is 430 g/mol. The number of methoxy groups -OCH3 is 1. The topological polar surface area (TPSA) is 91.6 Å². The Balaban J connectivity index is 1.80. The first kappa shape index (κ1) is 21.3. The van der Waals surface area contributed by atoms with Crippen LogP contribution in [-0.2, 0) is 6.42 Å². The van der Waals surface area contributed by atoms with Crippen molar-refractivity contribution in [1.82, 2.24) is 15.0 Å². The lowest BCUT2D eigenvalue weighted by atomic mass is 9.94. The summed E-state index contributed by atoms with van der Waals surface area (Å²) in [6.07, 6.45) is 1.92. The second-order valence-electron chi connectivity index (χ2n) is 8.08. The van der Waals surface area contributed by atoms with Gasteiger partial charge in [0.25, 0.3) is 0 Å². The van der Waals surface area contributed by atoms with E-state index < -0.39 is 17.7 Å². The molecule has 0 bridgehead atoms. The van der Waals surface area contributed by atoms with E-state index >= 15 is 4.39 Å². The fraction of sp³-hybridized carbons (Fsp3) is 0.292. The van der Waals surface area contributed by atoms with Crippen LogP contribution in [0.15, 0.2) is 30.5 Å². The van der Waals surface area contributed by atoms with Gasteiger partial charge in [0.2, 0.25) is 0 Å². The minimum absolute atomic E-state index is 0.00539. The quantitative estimate of drug-likeness (QED) is 0.484. The van der Waals surface area contributed by atoms with E-state index in [0.717, 1.165) is 0 Å². The van der Waals surface area contributed by atoms with Crippen LogP contribution in [0.1, 0.15) is 18.9 Å².